The van der Waals surface area contributed by atoms with Gasteiger partial charge in [-0.1, -0.05) is 31.4 Å². The molecule has 7 heteroatoms. The summed E-state index contributed by atoms with van der Waals surface area (Å²) in [6, 6.07) is 7.26. The number of nitrogens with zero attached hydrogens (tertiary/aromatic N) is 2. The second kappa shape index (κ2) is 9.94. The van der Waals surface area contributed by atoms with Crippen LogP contribution in [0.4, 0.5) is 0 Å². The third-order valence-electron chi connectivity index (χ3n) is 3.39. The minimum absolute atomic E-state index is 0.325. The summed E-state index contributed by atoms with van der Waals surface area (Å²) in [5.41, 5.74) is 0.475. The Morgan fingerprint density at radius 1 is 1.35 bits per heavy atom. The molecule has 2 atom stereocenters. The van der Waals surface area contributed by atoms with Crippen molar-refractivity contribution in [2.24, 2.45) is 10.7 Å². The average Bonchev–Trinajstić information content (AvgIpc) is 2.56. The van der Waals surface area contributed by atoms with Crippen molar-refractivity contribution in [1.82, 2.24) is 0 Å². The summed E-state index contributed by atoms with van der Waals surface area (Å²) in [4.78, 5) is 23.6. The minimum Gasteiger partial charge on any atom is -0.575 e. The van der Waals surface area contributed by atoms with E-state index in [4.69, 9.17) is 14.5 Å². The molecule has 0 spiro atoms. The summed E-state index contributed by atoms with van der Waals surface area (Å²) in [5.74, 6) is 0.143. The maximum absolute atomic E-state index is 11.8. The second-order valence-electron chi connectivity index (χ2n) is 5.07. The molecule has 0 saturated heterocycles. The van der Waals surface area contributed by atoms with Gasteiger partial charge in [-0.3, -0.25) is 4.52 Å². The first-order valence-corrected chi connectivity index (χ1v) is 8.65. The Bertz CT molecular complexity index is 577. The molecule has 1 aromatic rings. The van der Waals surface area contributed by atoms with Gasteiger partial charge in [0.15, 0.2) is 11.8 Å². The molecule has 0 amide bonds. The molecule has 0 bridgehead atoms. The van der Waals surface area contributed by atoms with E-state index in [2.05, 4.69) is 4.74 Å². The van der Waals surface area contributed by atoms with Crippen molar-refractivity contribution in [2.45, 2.75) is 39.7 Å². The highest BCUT2D eigenvalue weighted by Gasteiger charge is 2.19. The Balaban J connectivity index is 2.55. The van der Waals surface area contributed by atoms with Crippen LogP contribution in [0.5, 0.6) is 5.75 Å². The van der Waals surface area contributed by atoms with E-state index >= 15 is 0 Å². The molecule has 124 valence electrons. The Labute approximate surface area is 137 Å². The molecule has 0 N–H and O–H groups in total. The van der Waals surface area contributed by atoms with E-state index in [0.29, 0.717) is 23.8 Å². The summed E-state index contributed by atoms with van der Waals surface area (Å²) >= 11 is 0. The van der Waals surface area contributed by atoms with Crippen LogP contribution >= 0.6 is 8.17 Å². The quantitative estimate of drug-likeness (QED) is 0.537. The van der Waals surface area contributed by atoms with Gasteiger partial charge in [-0.05, 0) is 37.1 Å². The van der Waals surface area contributed by atoms with Crippen LogP contribution in [0.15, 0.2) is 29.0 Å². The fourth-order valence-corrected chi connectivity index (χ4v) is 2.46. The van der Waals surface area contributed by atoms with Gasteiger partial charge in [-0.2, -0.15) is 5.26 Å². The van der Waals surface area contributed by atoms with Gasteiger partial charge in [0.05, 0.1) is 18.2 Å². The number of rotatable bonds is 8. The van der Waals surface area contributed by atoms with Crippen molar-refractivity contribution in [2.75, 3.05) is 6.61 Å². The molecule has 0 aliphatic carbocycles. The van der Waals surface area contributed by atoms with Gasteiger partial charge in [0.1, 0.15) is 0 Å². The predicted octanol–water partition coefficient (Wildman–Crippen LogP) is 3.16. The number of carbonyl (C=O) groups is 1. The third kappa shape index (κ3) is 6.77. The van der Waals surface area contributed by atoms with Crippen molar-refractivity contribution in [1.29, 1.82) is 5.26 Å². The maximum atomic E-state index is 11.8. The van der Waals surface area contributed by atoms with Crippen LogP contribution in [0.2, 0.25) is 0 Å². The Morgan fingerprint density at radius 2 is 1.96 bits per heavy atom. The summed E-state index contributed by atoms with van der Waals surface area (Å²) in [5, 5.41) is 8.70. The number of benzene rings is 1. The highest BCUT2D eigenvalue weighted by molar-refractivity contribution is 7.34. The van der Waals surface area contributed by atoms with E-state index in [0.717, 1.165) is 12.8 Å². The molecule has 1 unspecified atom stereocenters. The maximum Gasteiger partial charge on any atom is 0.395 e. The topological polar surface area (TPSA) is 94.7 Å². The summed E-state index contributed by atoms with van der Waals surface area (Å²) in [7, 11) is -2.38. The smallest absolute Gasteiger partial charge is 0.395 e. The predicted molar refractivity (Wildman–Crippen MR) is 85.6 cm³/mol. The van der Waals surface area contributed by atoms with E-state index in [1.807, 2.05) is 19.9 Å². The van der Waals surface area contributed by atoms with Gasteiger partial charge < -0.3 is 9.63 Å². The highest BCUT2D eigenvalue weighted by atomic mass is 31.1. The second-order valence-corrected chi connectivity index (χ2v) is 5.96. The summed E-state index contributed by atoms with van der Waals surface area (Å²) in [6.07, 6.45) is 1.87. The zero-order valence-corrected chi connectivity index (χ0v) is 14.5. The molecule has 0 radical (unpaired) electrons. The van der Waals surface area contributed by atoms with Crippen molar-refractivity contribution in [3.63, 3.8) is 0 Å². The molecule has 0 aliphatic rings. The summed E-state index contributed by atoms with van der Waals surface area (Å²) in [6.45, 7) is 5.94. The molecular weight excluding hydrogens is 315 g/mol. The van der Waals surface area contributed by atoms with Gasteiger partial charge in [0, 0.05) is 0 Å². The van der Waals surface area contributed by atoms with Crippen molar-refractivity contribution in [3.05, 3.63) is 29.8 Å². The average molecular weight is 336 g/mol. The Morgan fingerprint density at radius 3 is 2.48 bits per heavy atom. The minimum atomic E-state index is -2.38. The number of esters is 1. The van der Waals surface area contributed by atoms with Crippen LogP contribution in [0.3, 0.4) is 0 Å². The van der Waals surface area contributed by atoms with E-state index in [1.165, 1.54) is 19.1 Å². The number of hydrogen-bond acceptors (Lipinski definition) is 6. The monoisotopic (exact) mass is 336 g/mol. The summed E-state index contributed by atoms with van der Waals surface area (Å²) < 4.78 is 14.1. The highest BCUT2D eigenvalue weighted by Crippen LogP contribution is 2.24. The SMILES string of the molecule is CCC(CC)COC(=O)[C@H](C)N=[P+]([O-])Oc1ccc(C#N)cc1. The zero-order chi connectivity index (χ0) is 17.2. The third-order valence-corrected chi connectivity index (χ3v) is 4.29. The van der Waals surface area contributed by atoms with Crippen LogP contribution in [0, 0.1) is 17.2 Å². The lowest BCUT2D eigenvalue weighted by Crippen LogP contribution is -2.21. The van der Waals surface area contributed by atoms with Gasteiger partial charge in [0.2, 0.25) is 0 Å². The standard InChI is InChI=1S/C16H21N2O4P/c1-4-13(5-2)11-21-16(19)12(3)18-23(20)22-15-8-6-14(10-17)7-9-15/h6-9,12-13H,4-5,11H2,1-3H3/t12-/m0/s1. The van der Waals surface area contributed by atoms with Gasteiger partial charge in [-0.15, -0.1) is 0 Å². The molecule has 0 aliphatic heterocycles. The fraction of sp³-hybridized carbons (Fsp3) is 0.500. The normalized spacial score (nSPS) is 12.6. The van der Waals surface area contributed by atoms with Gasteiger partial charge in [0.25, 0.3) is 0 Å². The molecular formula is C16H21N2O4P. The number of hydrogen-bond donors (Lipinski definition) is 0. The van der Waals surface area contributed by atoms with Gasteiger partial charge >= 0.3 is 14.1 Å². The molecule has 1 aromatic carbocycles. The van der Waals surface area contributed by atoms with Crippen molar-refractivity contribution >= 4 is 14.1 Å². The molecule has 6 nitrogen and oxygen atoms in total. The van der Waals surface area contributed by atoms with E-state index < -0.39 is 20.2 Å². The Hall–Kier alpha value is -1.96. The molecule has 0 fully saturated rings. The number of carbonyl (C=O) groups excluding carboxylic acids is 1. The van der Waals surface area contributed by atoms with E-state index in [1.54, 1.807) is 12.1 Å². The molecule has 23 heavy (non-hydrogen) atoms. The van der Waals surface area contributed by atoms with Crippen LogP contribution in [-0.4, -0.2) is 18.6 Å². The van der Waals surface area contributed by atoms with Crippen LogP contribution in [-0.2, 0) is 9.53 Å². The largest absolute Gasteiger partial charge is 0.575 e. The van der Waals surface area contributed by atoms with Crippen molar-refractivity contribution in [3.8, 4) is 11.8 Å². The lowest BCUT2D eigenvalue weighted by molar-refractivity contribution is -0.169. The van der Waals surface area contributed by atoms with Crippen LogP contribution in [0.25, 0.3) is 0 Å². The van der Waals surface area contributed by atoms with E-state index in [-0.39, 0.29) is 0 Å². The van der Waals surface area contributed by atoms with E-state index in [9.17, 15) is 9.69 Å². The molecule has 0 aromatic heterocycles. The lowest BCUT2D eigenvalue weighted by atomic mass is 10.1. The Kier molecular flexibility index (Phi) is 8.25. The zero-order valence-electron chi connectivity index (χ0n) is 13.6. The van der Waals surface area contributed by atoms with Gasteiger partial charge in [-0.25, -0.2) is 4.79 Å². The molecule has 1 rings (SSSR count). The molecule has 0 saturated carbocycles. The number of nitriles is 1. The first-order valence-electron chi connectivity index (χ1n) is 7.52. The van der Waals surface area contributed by atoms with Crippen molar-refractivity contribution < 1.29 is 18.9 Å². The fourth-order valence-electron chi connectivity index (χ4n) is 1.74. The first kappa shape index (κ1) is 19.1. The number of ether oxygens (including phenoxy) is 1. The van der Waals surface area contributed by atoms with Crippen LogP contribution < -0.4 is 9.42 Å². The lowest BCUT2D eigenvalue weighted by Gasteiger charge is -2.13. The molecule has 0 heterocycles. The first-order chi connectivity index (χ1) is 11.0. The van der Waals surface area contributed by atoms with Crippen LogP contribution in [0.1, 0.15) is 39.2 Å².